The van der Waals surface area contributed by atoms with E-state index in [9.17, 15) is 9.18 Å². The van der Waals surface area contributed by atoms with Gasteiger partial charge in [0.25, 0.3) is 0 Å². The van der Waals surface area contributed by atoms with E-state index in [2.05, 4.69) is 0 Å². The predicted octanol–water partition coefficient (Wildman–Crippen LogP) is 1.20. The number of halogens is 1. The van der Waals surface area contributed by atoms with Crippen molar-refractivity contribution >= 4 is 11.6 Å². The third kappa shape index (κ3) is 1.85. The van der Waals surface area contributed by atoms with Crippen molar-refractivity contribution in [2.45, 2.75) is 19.4 Å². The Bertz CT molecular complexity index is 385. The third-order valence-corrected chi connectivity index (χ3v) is 2.59. The van der Waals surface area contributed by atoms with E-state index in [4.69, 9.17) is 5.73 Å². The first kappa shape index (κ1) is 10.1. The summed E-state index contributed by atoms with van der Waals surface area (Å²) in [6, 6.07) is 4.15. The molecule has 0 aliphatic carbocycles. The SMILES string of the molecule is Cc1cc(F)cc(N2CCC(N)C2=O)c1. The third-order valence-electron chi connectivity index (χ3n) is 2.59. The van der Waals surface area contributed by atoms with E-state index in [0.29, 0.717) is 18.7 Å². The molecule has 1 atom stereocenters. The molecule has 1 aromatic rings. The van der Waals surface area contributed by atoms with Gasteiger partial charge in [-0.05, 0) is 37.1 Å². The number of hydrogen-bond donors (Lipinski definition) is 1. The molecular formula is C11H13FN2O. The van der Waals surface area contributed by atoms with E-state index in [-0.39, 0.29) is 11.7 Å². The molecule has 1 heterocycles. The quantitative estimate of drug-likeness (QED) is 0.753. The van der Waals surface area contributed by atoms with Crippen LogP contribution >= 0.6 is 0 Å². The fourth-order valence-electron chi connectivity index (χ4n) is 1.83. The summed E-state index contributed by atoms with van der Waals surface area (Å²) in [5.74, 6) is -0.446. The Balaban J connectivity index is 2.34. The zero-order valence-electron chi connectivity index (χ0n) is 8.53. The van der Waals surface area contributed by atoms with Gasteiger partial charge in [0.1, 0.15) is 5.82 Å². The number of hydrogen-bond acceptors (Lipinski definition) is 2. The smallest absolute Gasteiger partial charge is 0.243 e. The number of carbonyl (C=O) groups is 1. The van der Waals surface area contributed by atoms with Crippen molar-refractivity contribution in [3.8, 4) is 0 Å². The van der Waals surface area contributed by atoms with Gasteiger partial charge in [0.2, 0.25) is 5.91 Å². The molecule has 15 heavy (non-hydrogen) atoms. The molecular weight excluding hydrogens is 195 g/mol. The summed E-state index contributed by atoms with van der Waals surface area (Å²) < 4.78 is 13.1. The van der Waals surface area contributed by atoms with Crippen LogP contribution in [0.3, 0.4) is 0 Å². The molecule has 2 rings (SSSR count). The second kappa shape index (κ2) is 3.62. The first-order chi connectivity index (χ1) is 7.08. The van der Waals surface area contributed by atoms with Crippen molar-refractivity contribution in [1.82, 2.24) is 0 Å². The molecule has 1 fully saturated rings. The van der Waals surface area contributed by atoms with E-state index in [1.165, 1.54) is 12.1 Å². The summed E-state index contributed by atoms with van der Waals surface area (Å²) in [5, 5.41) is 0. The van der Waals surface area contributed by atoms with Crippen LogP contribution in [0, 0.1) is 12.7 Å². The Hall–Kier alpha value is -1.42. The highest BCUT2D eigenvalue weighted by Crippen LogP contribution is 2.23. The standard InChI is InChI=1S/C11H13FN2O/c1-7-4-8(12)6-9(5-7)14-3-2-10(13)11(14)15/h4-6,10H,2-3,13H2,1H3. The van der Waals surface area contributed by atoms with Gasteiger partial charge in [0, 0.05) is 12.2 Å². The number of rotatable bonds is 1. The summed E-state index contributed by atoms with van der Waals surface area (Å²) in [6.07, 6.45) is 0.633. The van der Waals surface area contributed by atoms with Crippen molar-refractivity contribution < 1.29 is 9.18 Å². The van der Waals surface area contributed by atoms with Crippen LogP contribution in [0.5, 0.6) is 0 Å². The molecule has 0 saturated carbocycles. The molecule has 1 aliphatic heterocycles. The summed E-state index contributed by atoms with van der Waals surface area (Å²) in [5.41, 5.74) is 7.00. The lowest BCUT2D eigenvalue weighted by atomic mass is 10.2. The number of nitrogens with two attached hydrogens (primary N) is 1. The highest BCUT2D eigenvalue weighted by molar-refractivity contribution is 5.99. The summed E-state index contributed by atoms with van der Waals surface area (Å²) in [4.78, 5) is 13.1. The number of amides is 1. The second-order valence-corrected chi connectivity index (χ2v) is 3.87. The maximum Gasteiger partial charge on any atom is 0.243 e. The number of anilines is 1. The van der Waals surface area contributed by atoms with Gasteiger partial charge in [-0.1, -0.05) is 0 Å². The van der Waals surface area contributed by atoms with Crippen LogP contribution < -0.4 is 10.6 Å². The monoisotopic (exact) mass is 208 g/mol. The number of carbonyl (C=O) groups excluding carboxylic acids is 1. The van der Waals surface area contributed by atoms with Crippen LogP contribution in [0.15, 0.2) is 18.2 Å². The number of nitrogens with zero attached hydrogens (tertiary/aromatic N) is 1. The van der Waals surface area contributed by atoms with Gasteiger partial charge in [0.15, 0.2) is 0 Å². The largest absolute Gasteiger partial charge is 0.320 e. The van der Waals surface area contributed by atoms with E-state index in [1.54, 1.807) is 17.9 Å². The van der Waals surface area contributed by atoms with Gasteiger partial charge in [-0.15, -0.1) is 0 Å². The normalized spacial score (nSPS) is 21.1. The lowest BCUT2D eigenvalue weighted by molar-refractivity contribution is -0.118. The lowest BCUT2D eigenvalue weighted by Gasteiger charge is -2.16. The van der Waals surface area contributed by atoms with Crippen LogP contribution in [-0.2, 0) is 4.79 Å². The molecule has 1 amide bonds. The maximum atomic E-state index is 13.1. The zero-order chi connectivity index (χ0) is 11.0. The average Bonchev–Trinajstić information content (AvgIpc) is 2.46. The highest BCUT2D eigenvalue weighted by Gasteiger charge is 2.29. The minimum atomic E-state index is -0.437. The predicted molar refractivity (Wildman–Crippen MR) is 56.1 cm³/mol. The molecule has 1 saturated heterocycles. The molecule has 0 spiro atoms. The second-order valence-electron chi connectivity index (χ2n) is 3.87. The highest BCUT2D eigenvalue weighted by atomic mass is 19.1. The number of aryl methyl sites for hydroxylation is 1. The fourth-order valence-corrected chi connectivity index (χ4v) is 1.83. The van der Waals surface area contributed by atoms with Gasteiger partial charge in [0.05, 0.1) is 6.04 Å². The van der Waals surface area contributed by atoms with Crippen LogP contribution in [0.1, 0.15) is 12.0 Å². The van der Waals surface area contributed by atoms with Gasteiger partial charge in [-0.25, -0.2) is 4.39 Å². The Labute approximate surface area is 87.7 Å². The molecule has 1 aromatic carbocycles. The molecule has 0 bridgehead atoms. The summed E-state index contributed by atoms with van der Waals surface area (Å²) in [6.45, 7) is 2.37. The molecule has 1 aliphatic rings. The molecule has 0 aromatic heterocycles. The Morgan fingerprint density at radius 3 is 2.73 bits per heavy atom. The topological polar surface area (TPSA) is 46.3 Å². The van der Waals surface area contributed by atoms with Gasteiger partial charge < -0.3 is 10.6 Å². The molecule has 1 unspecified atom stereocenters. The molecule has 0 radical (unpaired) electrons. The first-order valence-corrected chi connectivity index (χ1v) is 4.92. The van der Waals surface area contributed by atoms with E-state index >= 15 is 0 Å². The fraction of sp³-hybridized carbons (Fsp3) is 0.364. The van der Waals surface area contributed by atoms with Gasteiger partial charge in [-0.3, -0.25) is 4.79 Å². The van der Waals surface area contributed by atoms with Crippen molar-refractivity contribution in [1.29, 1.82) is 0 Å². The van der Waals surface area contributed by atoms with Gasteiger partial charge >= 0.3 is 0 Å². The minimum Gasteiger partial charge on any atom is -0.320 e. The first-order valence-electron chi connectivity index (χ1n) is 4.92. The van der Waals surface area contributed by atoms with Crippen LogP contribution in [0.4, 0.5) is 10.1 Å². The molecule has 3 nitrogen and oxygen atoms in total. The van der Waals surface area contributed by atoms with E-state index in [1.807, 2.05) is 0 Å². The van der Waals surface area contributed by atoms with Crippen molar-refractivity contribution in [3.63, 3.8) is 0 Å². The van der Waals surface area contributed by atoms with E-state index in [0.717, 1.165) is 5.56 Å². The Kier molecular flexibility index (Phi) is 2.44. The summed E-state index contributed by atoms with van der Waals surface area (Å²) >= 11 is 0. The minimum absolute atomic E-state index is 0.125. The number of benzene rings is 1. The average molecular weight is 208 g/mol. The van der Waals surface area contributed by atoms with E-state index < -0.39 is 6.04 Å². The van der Waals surface area contributed by atoms with Crippen molar-refractivity contribution in [3.05, 3.63) is 29.6 Å². The summed E-state index contributed by atoms with van der Waals surface area (Å²) in [7, 11) is 0. The van der Waals surface area contributed by atoms with Crippen LogP contribution in [0.25, 0.3) is 0 Å². The zero-order valence-corrected chi connectivity index (χ0v) is 8.53. The Morgan fingerprint density at radius 2 is 2.20 bits per heavy atom. The van der Waals surface area contributed by atoms with Crippen molar-refractivity contribution in [2.75, 3.05) is 11.4 Å². The van der Waals surface area contributed by atoms with Crippen LogP contribution in [-0.4, -0.2) is 18.5 Å². The molecule has 4 heteroatoms. The lowest BCUT2D eigenvalue weighted by Crippen LogP contribution is -2.34. The molecule has 80 valence electrons. The molecule has 2 N–H and O–H groups in total. The maximum absolute atomic E-state index is 13.1. The Morgan fingerprint density at radius 1 is 1.47 bits per heavy atom. The van der Waals surface area contributed by atoms with Crippen molar-refractivity contribution in [2.24, 2.45) is 5.73 Å². The van der Waals surface area contributed by atoms with Crippen LogP contribution in [0.2, 0.25) is 0 Å². The van der Waals surface area contributed by atoms with Gasteiger partial charge in [-0.2, -0.15) is 0 Å².